The number of carboxylic acid groups (broad SMARTS) is 1. The highest BCUT2D eigenvalue weighted by atomic mass is 35.5. The molecule has 8 nitrogen and oxygen atoms in total. The minimum atomic E-state index is -5.01. The molecule has 0 radical (unpaired) electrons. The summed E-state index contributed by atoms with van der Waals surface area (Å²) in [7, 11) is 0. The molecule has 3 aromatic rings. The molecule has 2 aliphatic heterocycles. The molecule has 0 amide bonds. The van der Waals surface area contributed by atoms with Crippen LogP contribution in [0.3, 0.4) is 0 Å². The van der Waals surface area contributed by atoms with Crippen molar-refractivity contribution >= 4 is 40.9 Å². The number of anilines is 2. The lowest BCUT2D eigenvalue weighted by molar-refractivity contribution is -0.198. The third kappa shape index (κ3) is 6.76. The van der Waals surface area contributed by atoms with Crippen molar-refractivity contribution in [3.05, 3.63) is 63.6 Å². The topological polar surface area (TPSA) is 114 Å². The van der Waals surface area contributed by atoms with E-state index in [2.05, 4.69) is 15.3 Å². The summed E-state index contributed by atoms with van der Waals surface area (Å²) in [6.07, 6.45) is -10.7. The van der Waals surface area contributed by atoms with E-state index in [9.17, 15) is 36.2 Å². The molecule has 4 N–H and O–H groups in total. The van der Waals surface area contributed by atoms with Crippen molar-refractivity contribution in [2.45, 2.75) is 43.8 Å². The van der Waals surface area contributed by atoms with Crippen molar-refractivity contribution in [3.63, 3.8) is 0 Å². The lowest BCUT2D eigenvalue weighted by atomic mass is 9.76. The average molecular weight is 664 g/mol. The van der Waals surface area contributed by atoms with Gasteiger partial charge in [0.15, 0.2) is 0 Å². The van der Waals surface area contributed by atoms with Crippen molar-refractivity contribution in [1.29, 1.82) is 0 Å². The Morgan fingerprint density at radius 3 is 2.36 bits per heavy atom. The summed E-state index contributed by atoms with van der Waals surface area (Å²) in [6, 6.07) is 6.62. The van der Waals surface area contributed by atoms with Crippen LogP contribution in [0.15, 0.2) is 42.5 Å². The molecule has 5 rings (SSSR count). The average Bonchev–Trinajstić information content (AvgIpc) is 3.34. The summed E-state index contributed by atoms with van der Waals surface area (Å²) in [5.74, 6) is -1.50. The lowest BCUT2D eigenvalue weighted by Crippen LogP contribution is -2.41. The largest absolute Gasteiger partial charge is 0.480 e. The number of aliphatic carboxylic acids is 1. The number of alkyl halides is 6. The standard InChI is InChI=1S/C28H25Cl2F6N5O3/c29-15-2-3-16(17(10-15)14-1-4-18(19(30)9-14)27(31,32)33)23(28(34,35)36)44-22-11-21(39-25(37)40-22)41-7-5-26(6-8-41)12-20(24(42)43)38-13-26/h1-4,9-11,20,23,38H,5-8,12-13H2,(H,42,43)(H2,37,39,40). The summed E-state index contributed by atoms with van der Waals surface area (Å²) >= 11 is 11.9. The molecule has 0 bridgehead atoms. The minimum absolute atomic E-state index is 0.0317. The van der Waals surface area contributed by atoms with E-state index in [4.69, 9.17) is 33.7 Å². The molecule has 1 aromatic heterocycles. The highest BCUT2D eigenvalue weighted by Gasteiger charge is 2.46. The fourth-order valence-corrected chi connectivity index (χ4v) is 6.14. The number of piperidine rings is 1. The van der Waals surface area contributed by atoms with Gasteiger partial charge in [0.2, 0.25) is 17.9 Å². The van der Waals surface area contributed by atoms with Gasteiger partial charge in [-0.05, 0) is 60.1 Å². The zero-order valence-corrected chi connectivity index (χ0v) is 24.2. The van der Waals surface area contributed by atoms with E-state index in [-0.39, 0.29) is 33.3 Å². The molecule has 236 valence electrons. The number of halogens is 8. The molecule has 1 spiro atoms. The maximum absolute atomic E-state index is 14.5. The quantitative estimate of drug-likeness (QED) is 0.248. The van der Waals surface area contributed by atoms with Gasteiger partial charge < -0.3 is 25.8 Å². The number of carbonyl (C=O) groups is 1. The third-order valence-corrected chi connectivity index (χ3v) is 8.48. The van der Waals surface area contributed by atoms with Gasteiger partial charge in [-0.2, -0.15) is 36.3 Å². The zero-order chi connectivity index (χ0) is 32.0. The number of nitrogen functional groups attached to an aromatic ring is 1. The van der Waals surface area contributed by atoms with Crippen LogP contribution in [0, 0.1) is 5.41 Å². The number of nitrogens with one attached hydrogen (secondary N) is 1. The Bertz CT molecular complexity index is 1560. The lowest BCUT2D eigenvalue weighted by Gasteiger charge is -2.39. The highest BCUT2D eigenvalue weighted by Crippen LogP contribution is 2.45. The zero-order valence-electron chi connectivity index (χ0n) is 22.6. The second kappa shape index (κ2) is 11.8. The van der Waals surface area contributed by atoms with E-state index in [0.29, 0.717) is 45.0 Å². The Kier molecular flexibility index (Phi) is 8.55. The number of nitrogens with two attached hydrogens (primary N) is 1. The Morgan fingerprint density at radius 2 is 1.77 bits per heavy atom. The Hall–Kier alpha value is -3.49. The van der Waals surface area contributed by atoms with E-state index in [1.54, 1.807) is 0 Å². The maximum Gasteiger partial charge on any atom is 0.429 e. The van der Waals surface area contributed by atoms with Crippen LogP contribution in [-0.4, -0.2) is 52.9 Å². The molecule has 3 heterocycles. The third-order valence-electron chi connectivity index (χ3n) is 7.93. The van der Waals surface area contributed by atoms with Gasteiger partial charge in [-0.25, -0.2) is 0 Å². The summed E-state index contributed by atoms with van der Waals surface area (Å²) in [6.45, 7) is 1.43. The SMILES string of the molecule is Nc1nc(OC(c2ccc(Cl)cc2-c2ccc(C(F)(F)F)c(Cl)c2)C(F)(F)F)cc(N2CCC3(CC2)CNC(C(=O)O)C3)n1. The number of hydrogen-bond donors (Lipinski definition) is 3. The molecule has 2 saturated heterocycles. The fraction of sp³-hybridized carbons (Fsp3) is 0.393. The Balaban J connectivity index is 1.43. The molecule has 2 fully saturated rings. The second-order valence-electron chi connectivity index (χ2n) is 10.8. The van der Waals surface area contributed by atoms with E-state index in [1.165, 1.54) is 18.2 Å². The molecule has 44 heavy (non-hydrogen) atoms. The molecular weight excluding hydrogens is 639 g/mol. The molecule has 0 aliphatic carbocycles. The van der Waals surface area contributed by atoms with E-state index in [1.807, 2.05) is 4.90 Å². The van der Waals surface area contributed by atoms with Gasteiger partial charge in [0, 0.05) is 36.3 Å². The first-order chi connectivity index (χ1) is 20.5. The predicted octanol–water partition coefficient (Wildman–Crippen LogP) is 6.77. The van der Waals surface area contributed by atoms with Crippen LogP contribution in [0.1, 0.15) is 36.5 Å². The monoisotopic (exact) mass is 663 g/mol. The normalized spacial score (nSPS) is 19.3. The smallest absolute Gasteiger partial charge is 0.429 e. The minimum Gasteiger partial charge on any atom is -0.480 e. The van der Waals surface area contributed by atoms with Crippen LogP contribution in [0.2, 0.25) is 10.0 Å². The van der Waals surface area contributed by atoms with E-state index >= 15 is 0 Å². The summed E-state index contributed by atoms with van der Waals surface area (Å²) in [5.41, 5.74) is 3.85. The van der Waals surface area contributed by atoms with Crippen LogP contribution in [0.5, 0.6) is 5.88 Å². The van der Waals surface area contributed by atoms with Gasteiger partial charge in [-0.15, -0.1) is 0 Å². The van der Waals surface area contributed by atoms with E-state index in [0.717, 1.165) is 18.2 Å². The first-order valence-corrected chi connectivity index (χ1v) is 14.1. The van der Waals surface area contributed by atoms with Gasteiger partial charge >= 0.3 is 18.3 Å². The summed E-state index contributed by atoms with van der Waals surface area (Å²) < 4.78 is 88.8. The maximum atomic E-state index is 14.5. The van der Waals surface area contributed by atoms with Gasteiger partial charge in [0.25, 0.3) is 0 Å². The molecule has 16 heteroatoms. The Labute approximate surface area is 257 Å². The number of carboxylic acids is 1. The molecule has 2 aliphatic rings. The summed E-state index contributed by atoms with van der Waals surface area (Å²) in [5, 5.41) is 11.7. The molecular formula is C28H25Cl2F6N5O3. The predicted molar refractivity (Wildman–Crippen MR) is 151 cm³/mol. The van der Waals surface area contributed by atoms with Crippen LogP contribution in [0.4, 0.5) is 38.1 Å². The van der Waals surface area contributed by atoms with Gasteiger partial charge in [0.05, 0.1) is 10.6 Å². The number of hydrogen-bond acceptors (Lipinski definition) is 7. The van der Waals surface area contributed by atoms with Gasteiger partial charge in [-0.1, -0.05) is 35.3 Å². The van der Waals surface area contributed by atoms with Gasteiger partial charge in [0.1, 0.15) is 11.9 Å². The molecule has 2 unspecified atom stereocenters. The highest BCUT2D eigenvalue weighted by molar-refractivity contribution is 6.32. The number of aromatic nitrogens is 2. The molecule has 2 atom stereocenters. The second-order valence-corrected chi connectivity index (χ2v) is 11.7. The van der Waals surface area contributed by atoms with Crippen molar-refractivity contribution in [2.75, 3.05) is 30.3 Å². The van der Waals surface area contributed by atoms with Crippen LogP contribution in [0.25, 0.3) is 11.1 Å². The van der Waals surface area contributed by atoms with Crippen LogP contribution < -0.4 is 20.7 Å². The van der Waals surface area contributed by atoms with Crippen molar-refractivity contribution < 1.29 is 41.0 Å². The molecule has 2 aromatic carbocycles. The summed E-state index contributed by atoms with van der Waals surface area (Å²) in [4.78, 5) is 21.2. The van der Waals surface area contributed by atoms with E-state index < -0.39 is 52.5 Å². The van der Waals surface area contributed by atoms with Crippen molar-refractivity contribution in [3.8, 4) is 17.0 Å². The van der Waals surface area contributed by atoms with Gasteiger partial charge in [-0.3, -0.25) is 4.79 Å². The Morgan fingerprint density at radius 1 is 1.07 bits per heavy atom. The number of nitrogens with zero attached hydrogens (tertiary/aromatic N) is 3. The van der Waals surface area contributed by atoms with Crippen LogP contribution >= 0.6 is 23.2 Å². The first kappa shape index (κ1) is 31.9. The van der Waals surface area contributed by atoms with Crippen molar-refractivity contribution in [2.24, 2.45) is 5.41 Å². The number of rotatable bonds is 6. The number of ether oxygens (including phenoxy) is 1. The fourth-order valence-electron chi connectivity index (χ4n) is 5.68. The van der Waals surface area contributed by atoms with Crippen molar-refractivity contribution in [1.82, 2.24) is 15.3 Å². The van der Waals surface area contributed by atoms with Crippen LogP contribution in [-0.2, 0) is 11.0 Å². The number of benzene rings is 2. The molecule has 0 saturated carbocycles. The first-order valence-electron chi connectivity index (χ1n) is 13.3.